The molecule has 5 nitrogen and oxygen atoms in total. The highest BCUT2D eigenvalue weighted by Gasteiger charge is 2.31. The molecule has 0 radical (unpaired) electrons. The van der Waals surface area contributed by atoms with Gasteiger partial charge in [0.15, 0.2) is 5.76 Å². The smallest absolute Gasteiger partial charge is 0.416 e. The fourth-order valence-electron chi connectivity index (χ4n) is 3.56. The molecule has 1 aliphatic rings. The molecule has 0 unspecified atom stereocenters. The summed E-state index contributed by atoms with van der Waals surface area (Å²) in [7, 11) is 0. The Morgan fingerprint density at radius 2 is 1.72 bits per heavy atom. The van der Waals surface area contributed by atoms with Gasteiger partial charge in [-0.1, -0.05) is 23.8 Å². The molecule has 0 N–H and O–H groups in total. The second-order valence-corrected chi connectivity index (χ2v) is 7.70. The van der Waals surface area contributed by atoms with Gasteiger partial charge in [0.25, 0.3) is 5.91 Å². The Kier molecular flexibility index (Phi) is 6.12. The molecular weight excluding hydrogens is 421 g/mol. The van der Waals surface area contributed by atoms with E-state index in [1.165, 1.54) is 6.07 Å². The first-order valence-corrected chi connectivity index (χ1v) is 10.3. The van der Waals surface area contributed by atoms with E-state index in [1.54, 1.807) is 23.1 Å². The van der Waals surface area contributed by atoms with Gasteiger partial charge in [0.2, 0.25) is 0 Å². The van der Waals surface area contributed by atoms with Crippen LogP contribution in [0.5, 0.6) is 5.75 Å². The first-order valence-electron chi connectivity index (χ1n) is 10.3. The Labute approximate surface area is 184 Å². The number of rotatable bonds is 5. The Bertz CT molecular complexity index is 1070. The van der Waals surface area contributed by atoms with Crippen LogP contribution >= 0.6 is 0 Å². The molecule has 32 heavy (non-hydrogen) atoms. The van der Waals surface area contributed by atoms with E-state index in [0.717, 1.165) is 17.7 Å². The molecule has 0 spiro atoms. The van der Waals surface area contributed by atoms with E-state index in [0.29, 0.717) is 43.4 Å². The van der Waals surface area contributed by atoms with Crippen LogP contribution in [0, 0.1) is 6.92 Å². The van der Waals surface area contributed by atoms with Crippen molar-refractivity contribution < 1.29 is 27.1 Å². The van der Waals surface area contributed by atoms with Gasteiger partial charge in [0, 0.05) is 31.9 Å². The Morgan fingerprint density at radius 1 is 1.00 bits per heavy atom. The van der Waals surface area contributed by atoms with Crippen molar-refractivity contribution in [2.24, 2.45) is 0 Å². The molecule has 1 fully saturated rings. The molecule has 2 heterocycles. The van der Waals surface area contributed by atoms with Crippen LogP contribution in [-0.2, 0) is 12.8 Å². The predicted octanol–water partition coefficient (Wildman–Crippen LogP) is 5.15. The number of hydrogen-bond acceptors (Lipinski definition) is 4. The summed E-state index contributed by atoms with van der Waals surface area (Å²) in [5.74, 6) is 1.23. The molecule has 2 aromatic carbocycles. The quantitative estimate of drug-likeness (QED) is 0.546. The Balaban J connectivity index is 1.32. The van der Waals surface area contributed by atoms with Gasteiger partial charge in [-0.05, 0) is 49.4 Å². The van der Waals surface area contributed by atoms with Crippen molar-refractivity contribution in [3.05, 3.63) is 83.3 Å². The zero-order chi connectivity index (χ0) is 22.7. The highest BCUT2D eigenvalue weighted by molar-refractivity contribution is 5.91. The molecule has 0 bridgehead atoms. The maximum absolute atomic E-state index is 13.0. The number of amides is 1. The van der Waals surface area contributed by atoms with Crippen LogP contribution in [0.4, 0.5) is 18.9 Å². The van der Waals surface area contributed by atoms with Gasteiger partial charge >= 0.3 is 6.18 Å². The van der Waals surface area contributed by atoms with E-state index >= 15 is 0 Å². The monoisotopic (exact) mass is 444 g/mol. The molecule has 0 aliphatic carbocycles. The molecule has 168 valence electrons. The standard InChI is InChI=1S/C24H23F3N2O3/c1-17-5-7-20(8-6-17)31-16-21-9-10-22(32-21)23(30)29-13-11-28(12-14-29)19-4-2-3-18(15-19)24(25,26)27/h2-10,15H,11-14,16H2,1H3. The molecule has 8 heteroatoms. The van der Waals surface area contributed by atoms with Crippen LogP contribution in [0.25, 0.3) is 0 Å². The predicted molar refractivity (Wildman–Crippen MR) is 114 cm³/mol. The van der Waals surface area contributed by atoms with Gasteiger partial charge < -0.3 is 19.0 Å². The van der Waals surface area contributed by atoms with Crippen molar-refractivity contribution in [2.45, 2.75) is 19.7 Å². The van der Waals surface area contributed by atoms with Crippen molar-refractivity contribution >= 4 is 11.6 Å². The van der Waals surface area contributed by atoms with Crippen molar-refractivity contribution in [1.29, 1.82) is 0 Å². The van der Waals surface area contributed by atoms with E-state index in [4.69, 9.17) is 9.15 Å². The number of piperazine rings is 1. The van der Waals surface area contributed by atoms with Crippen LogP contribution in [0.1, 0.15) is 27.4 Å². The van der Waals surface area contributed by atoms with Crippen molar-refractivity contribution in [1.82, 2.24) is 4.90 Å². The number of aryl methyl sites for hydroxylation is 1. The van der Waals surface area contributed by atoms with E-state index in [9.17, 15) is 18.0 Å². The summed E-state index contributed by atoms with van der Waals surface area (Å²) in [4.78, 5) is 16.3. The van der Waals surface area contributed by atoms with E-state index in [2.05, 4.69) is 0 Å². The van der Waals surface area contributed by atoms with Crippen molar-refractivity contribution in [2.75, 3.05) is 31.1 Å². The fourth-order valence-corrected chi connectivity index (χ4v) is 3.56. The highest BCUT2D eigenvalue weighted by Crippen LogP contribution is 2.32. The molecular formula is C24H23F3N2O3. The number of halogens is 3. The maximum atomic E-state index is 13.0. The maximum Gasteiger partial charge on any atom is 0.416 e. The third kappa shape index (κ3) is 5.07. The minimum Gasteiger partial charge on any atom is -0.486 e. The number of carbonyl (C=O) groups is 1. The van der Waals surface area contributed by atoms with Crippen LogP contribution in [0.2, 0.25) is 0 Å². The minimum atomic E-state index is -4.38. The zero-order valence-electron chi connectivity index (χ0n) is 17.6. The average molecular weight is 444 g/mol. The Morgan fingerprint density at radius 3 is 2.41 bits per heavy atom. The first kappa shape index (κ1) is 21.8. The number of nitrogens with zero attached hydrogens (tertiary/aromatic N) is 2. The molecule has 1 aromatic heterocycles. The van der Waals surface area contributed by atoms with E-state index in [1.807, 2.05) is 36.1 Å². The van der Waals surface area contributed by atoms with Crippen LogP contribution in [0.3, 0.4) is 0 Å². The summed E-state index contributed by atoms with van der Waals surface area (Å²) in [5.41, 5.74) is 0.960. The molecule has 0 saturated carbocycles. The third-order valence-electron chi connectivity index (χ3n) is 5.38. The number of anilines is 1. The second-order valence-electron chi connectivity index (χ2n) is 7.70. The molecule has 1 saturated heterocycles. The van der Waals surface area contributed by atoms with E-state index < -0.39 is 11.7 Å². The average Bonchev–Trinajstić information content (AvgIpc) is 3.27. The fraction of sp³-hybridized carbons (Fsp3) is 0.292. The zero-order valence-corrected chi connectivity index (χ0v) is 17.6. The second kappa shape index (κ2) is 8.98. The van der Waals surface area contributed by atoms with Gasteiger partial charge in [0.1, 0.15) is 18.1 Å². The van der Waals surface area contributed by atoms with Crippen molar-refractivity contribution in [3.63, 3.8) is 0 Å². The minimum absolute atomic E-state index is 0.208. The Hall–Kier alpha value is -3.42. The topological polar surface area (TPSA) is 45.9 Å². The molecule has 0 atom stereocenters. The third-order valence-corrected chi connectivity index (χ3v) is 5.38. The summed E-state index contributed by atoms with van der Waals surface area (Å²) < 4.78 is 50.2. The number of benzene rings is 2. The van der Waals surface area contributed by atoms with Gasteiger partial charge in [-0.3, -0.25) is 4.79 Å². The molecule has 1 aliphatic heterocycles. The van der Waals surface area contributed by atoms with Crippen LogP contribution in [-0.4, -0.2) is 37.0 Å². The van der Waals surface area contributed by atoms with Crippen molar-refractivity contribution in [3.8, 4) is 5.75 Å². The number of ether oxygens (including phenoxy) is 1. The lowest BCUT2D eigenvalue weighted by atomic mass is 10.1. The van der Waals surface area contributed by atoms with Crippen LogP contribution in [0.15, 0.2) is 65.1 Å². The lowest BCUT2D eigenvalue weighted by Crippen LogP contribution is -2.48. The number of carbonyl (C=O) groups excluding carboxylic acids is 1. The SMILES string of the molecule is Cc1ccc(OCc2ccc(C(=O)N3CCN(c4cccc(C(F)(F)F)c4)CC3)o2)cc1. The molecule has 4 rings (SSSR count). The normalized spacial score (nSPS) is 14.5. The number of alkyl halides is 3. The lowest BCUT2D eigenvalue weighted by Gasteiger charge is -2.36. The number of hydrogen-bond donors (Lipinski definition) is 0. The van der Waals surface area contributed by atoms with Gasteiger partial charge in [-0.25, -0.2) is 0 Å². The largest absolute Gasteiger partial charge is 0.486 e. The summed E-state index contributed by atoms with van der Waals surface area (Å²) in [6.07, 6.45) is -4.38. The summed E-state index contributed by atoms with van der Waals surface area (Å²) in [6.45, 7) is 3.87. The lowest BCUT2D eigenvalue weighted by molar-refractivity contribution is -0.137. The molecule has 3 aromatic rings. The summed E-state index contributed by atoms with van der Waals surface area (Å²) in [5, 5.41) is 0. The first-order chi connectivity index (χ1) is 15.3. The highest BCUT2D eigenvalue weighted by atomic mass is 19.4. The molecule has 1 amide bonds. The van der Waals surface area contributed by atoms with Gasteiger partial charge in [-0.15, -0.1) is 0 Å². The van der Waals surface area contributed by atoms with Crippen LogP contribution < -0.4 is 9.64 Å². The summed E-state index contributed by atoms with van der Waals surface area (Å²) >= 11 is 0. The van der Waals surface area contributed by atoms with Gasteiger partial charge in [0.05, 0.1) is 5.56 Å². The number of furan rings is 1. The summed E-state index contributed by atoms with van der Waals surface area (Å²) in [6, 6.07) is 16.2. The van der Waals surface area contributed by atoms with E-state index in [-0.39, 0.29) is 18.3 Å². The van der Waals surface area contributed by atoms with Gasteiger partial charge in [-0.2, -0.15) is 13.2 Å².